The third kappa shape index (κ3) is 1.83. The molecule has 116 valence electrons. The Labute approximate surface area is 128 Å². The highest BCUT2D eigenvalue weighted by atomic mass is 16.1. The zero-order valence-corrected chi connectivity index (χ0v) is 13.5. The van der Waals surface area contributed by atoms with Gasteiger partial charge in [0, 0.05) is 25.2 Å². The van der Waals surface area contributed by atoms with Crippen LogP contribution in [0.3, 0.4) is 0 Å². The zero-order chi connectivity index (χ0) is 14.8. The summed E-state index contributed by atoms with van der Waals surface area (Å²) in [5, 5.41) is 0. The molecule has 2 nitrogen and oxygen atoms in total. The summed E-state index contributed by atoms with van der Waals surface area (Å²) < 4.78 is 0. The van der Waals surface area contributed by atoms with E-state index >= 15 is 0 Å². The molecule has 4 aliphatic carbocycles. The fraction of sp³-hybridized carbons (Fsp3) is 0.895. The topological polar surface area (TPSA) is 34.1 Å². The van der Waals surface area contributed by atoms with E-state index in [-0.39, 0.29) is 5.41 Å². The molecular formula is C19H28O2. The summed E-state index contributed by atoms with van der Waals surface area (Å²) in [6.07, 6.45) is 9.60. The van der Waals surface area contributed by atoms with Crippen LogP contribution in [0.25, 0.3) is 0 Å². The second-order valence-electron chi connectivity index (χ2n) is 8.94. The lowest BCUT2D eigenvalue weighted by Gasteiger charge is -2.58. The van der Waals surface area contributed by atoms with Crippen LogP contribution in [-0.4, -0.2) is 11.6 Å². The first-order valence-electron chi connectivity index (χ1n) is 8.98. The smallest absolute Gasteiger partial charge is 0.136 e. The Balaban J connectivity index is 1.70. The minimum atomic E-state index is 0.260. The maximum Gasteiger partial charge on any atom is 0.136 e. The Morgan fingerprint density at radius 2 is 1.76 bits per heavy atom. The summed E-state index contributed by atoms with van der Waals surface area (Å²) in [4.78, 5) is 24.8. The minimum absolute atomic E-state index is 0.260. The van der Waals surface area contributed by atoms with Gasteiger partial charge in [0.25, 0.3) is 0 Å². The average Bonchev–Trinajstić information content (AvgIpc) is 2.82. The lowest BCUT2D eigenvalue weighted by molar-refractivity contribution is -0.156. The number of rotatable bonds is 0. The first-order valence-corrected chi connectivity index (χ1v) is 8.98. The molecule has 0 aliphatic heterocycles. The van der Waals surface area contributed by atoms with E-state index in [4.69, 9.17) is 0 Å². The Hall–Kier alpha value is -0.660. The molecular weight excluding hydrogens is 260 g/mol. The quantitative estimate of drug-likeness (QED) is 0.670. The van der Waals surface area contributed by atoms with Crippen molar-refractivity contribution in [3.8, 4) is 0 Å². The Morgan fingerprint density at radius 3 is 2.57 bits per heavy atom. The summed E-state index contributed by atoms with van der Waals surface area (Å²) in [5.41, 5.74) is 0.695. The van der Waals surface area contributed by atoms with Gasteiger partial charge >= 0.3 is 0 Å². The Morgan fingerprint density at radius 1 is 0.952 bits per heavy atom. The van der Waals surface area contributed by atoms with Gasteiger partial charge in [0.1, 0.15) is 11.6 Å². The third-order valence-electron chi connectivity index (χ3n) is 8.07. The molecule has 21 heavy (non-hydrogen) atoms. The number of fused-ring (bicyclic) bond motifs is 5. The molecule has 0 bridgehead atoms. The van der Waals surface area contributed by atoms with E-state index in [1.54, 1.807) is 0 Å². The highest BCUT2D eigenvalue weighted by molar-refractivity contribution is 5.86. The molecule has 0 radical (unpaired) electrons. The van der Waals surface area contributed by atoms with Gasteiger partial charge in [-0.3, -0.25) is 9.59 Å². The summed E-state index contributed by atoms with van der Waals surface area (Å²) in [5.74, 6) is 2.77. The van der Waals surface area contributed by atoms with Gasteiger partial charge in [-0.1, -0.05) is 20.3 Å². The van der Waals surface area contributed by atoms with E-state index in [2.05, 4.69) is 13.8 Å². The van der Waals surface area contributed by atoms with Crippen molar-refractivity contribution in [2.24, 2.45) is 34.5 Å². The normalized spacial score (nSPS) is 53.0. The Bertz CT molecular complexity index is 496. The van der Waals surface area contributed by atoms with Crippen LogP contribution in [0.2, 0.25) is 0 Å². The van der Waals surface area contributed by atoms with E-state index in [9.17, 15) is 9.59 Å². The predicted octanol–water partition coefficient (Wildman–Crippen LogP) is 4.17. The van der Waals surface area contributed by atoms with Crippen molar-refractivity contribution < 1.29 is 9.59 Å². The van der Waals surface area contributed by atoms with Crippen LogP contribution in [0, 0.1) is 34.5 Å². The second kappa shape index (κ2) is 4.43. The maximum atomic E-state index is 12.9. The predicted molar refractivity (Wildman–Crippen MR) is 81.7 cm³/mol. The van der Waals surface area contributed by atoms with Gasteiger partial charge in [-0.2, -0.15) is 0 Å². The first-order chi connectivity index (χ1) is 9.94. The van der Waals surface area contributed by atoms with Crippen molar-refractivity contribution in [3.63, 3.8) is 0 Å². The highest BCUT2D eigenvalue weighted by Gasteiger charge is 2.60. The summed E-state index contributed by atoms with van der Waals surface area (Å²) in [7, 11) is 0. The third-order valence-corrected chi connectivity index (χ3v) is 8.07. The van der Waals surface area contributed by atoms with Gasteiger partial charge in [0.05, 0.1) is 0 Å². The van der Waals surface area contributed by atoms with Crippen molar-refractivity contribution in [1.82, 2.24) is 0 Å². The largest absolute Gasteiger partial charge is 0.300 e. The van der Waals surface area contributed by atoms with Crippen molar-refractivity contribution in [3.05, 3.63) is 0 Å². The van der Waals surface area contributed by atoms with E-state index in [0.29, 0.717) is 53.5 Å². The van der Waals surface area contributed by atoms with Gasteiger partial charge < -0.3 is 0 Å². The number of hydrogen-bond donors (Lipinski definition) is 0. The molecule has 0 saturated heterocycles. The van der Waals surface area contributed by atoms with Crippen LogP contribution < -0.4 is 0 Å². The molecule has 2 heteroatoms. The number of carbonyl (C=O) groups is 2. The molecule has 0 heterocycles. The fourth-order valence-electron chi connectivity index (χ4n) is 6.71. The molecule has 6 unspecified atom stereocenters. The van der Waals surface area contributed by atoms with E-state index in [1.165, 1.54) is 32.1 Å². The number of carbonyl (C=O) groups excluding carboxylic acids is 2. The van der Waals surface area contributed by atoms with Crippen LogP contribution >= 0.6 is 0 Å². The Kier molecular flexibility index (Phi) is 2.94. The molecule has 4 saturated carbocycles. The monoisotopic (exact) mass is 288 g/mol. The highest BCUT2D eigenvalue weighted by Crippen LogP contribution is 2.64. The van der Waals surface area contributed by atoms with E-state index in [1.807, 2.05) is 0 Å². The summed E-state index contributed by atoms with van der Waals surface area (Å²) in [6.45, 7) is 4.85. The van der Waals surface area contributed by atoms with Crippen molar-refractivity contribution in [2.75, 3.05) is 0 Å². The maximum absolute atomic E-state index is 12.9. The molecule has 4 rings (SSSR count). The van der Waals surface area contributed by atoms with Gasteiger partial charge in [0.2, 0.25) is 0 Å². The summed E-state index contributed by atoms with van der Waals surface area (Å²) >= 11 is 0. The standard InChI is InChI=1S/C19H28O2/c1-18-7-3-4-14(18)17-15(6-8-18)19(2)9-5-13(20)10-12(19)11-16(17)21/h12,14-15,17H,3-11H2,1-2H3. The van der Waals surface area contributed by atoms with Gasteiger partial charge in [-0.15, -0.1) is 0 Å². The molecule has 0 N–H and O–H groups in total. The average molecular weight is 288 g/mol. The van der Waals surface area contributed by atoms with Gasteiger partial charge in [-0.25, -0.2) is 0 Å². The van der Waals surface area contributed by atoms with Crippen molar-refractivity contribution >= 4 is 11.6 Å². The molecule has 4 aliphatic rings. The zero-order valence-electron chi connectivity index (χ0n) is 13.5. The second-order valence-corrected chi connectivity index (χ2v) is 8.94. The van der Waals surface area contributed by atoms with Gasteiger partial charge in [0.15, 0.2) is 0 Å². The van der Waals surface area contributed by atoms with Crippen LogP contribution in [0.4, 0.5) is 0 Å². The molecule has 0 aromatic rings. The molecule has 0 aromatic carbocycles. The van der Waals surface area contributed by atoms with Crippen LogP contribution in [0.1, 0.15) is 71.6 Å². The number of ketones is 2. The van der Waals surface area contributed by atoms with Crippen LogP contribution in [-0.2, 0) is 9.59 Å². The first kappa shape index (κ1) is 14.0. The molecule has 6 atom stereocenters. The van der Waals surface area contributed by atoms with Crippen LogP contribution in [0.5, 0.6) is 0 Å². The minimum Gasteiger partial charge on any atom is -0.300 e. The van der Waals surface area contributed by atoms with Crippen LogP contribution in [0.15, 0.2) is 0 Å². The number of Topliss-reactive ketones (excluding diaryl/α,β-unsaturated/α-hetero) is 2. The lowest BCUT2D eigenvalue weighted by atomic mass is 9.45. The molecule has 0 amide bonds. The van der Waals surface area contributed by atoms with Gasteiger partial charge in [-0.05, 0) is 60.7 Å². The molecule has 0 aromatic heterocycles. The molecule has 4 fully saturated rings. The lowest BCUT2D eigenvalue weighted by Crippen LogP contribution is -2.56. The SMILES string of the molecule is CC12CCCC1C1C(=O)CC3CC(=O)CCC3(C)C1CC2. The van der Waals surface area contributed by atoms with E-state index < -0.39 is 0 Å². The van der Waals surface area contributed by atoms with Crippen molar-refractivity contribution in [2.45, 2.75) is 71.6 Å². The fourth-order valence-corrected chi connectivity index (χ4v) is 6.71. The summed E-state index contributed by atoms with van der Waals surface area (Å²) in [6, 6.07) is 0. The molecule has 0 spiro atoms. The van der Waals surface area contributed by atoms with E-state index in [0.717, 1.165) is 12.8 Å². The number of hydrogen-bond acceptors (Lipinski definition) is 2. The van der Waals surface area contributed by atoms with Crippen molar-refractivity contribution in [1.29, 1.82) is 0 Å².